The van der Waals surface area contributed by atoms with Gasteiger partial charge < -0.3 is 10.6 Å². The number of hydrogen-bond donors (Lipinski definition) is 1. The van der Waals surface area contributed by atoms with Gasteiger partial charge in [0, 0.05) is 6.54 Å². The first-order chi connectivity index (χ1) is 8.52. The second kappa shape index (κ2) is 7.34. The first kappa shape index (κ1) is 14.9. The minimum atomic E-state index is -0.322. The number of benzene rings is 1. The maximum atomic E-state index is 13.3. The van der Waals surface area contributed by atoms with Crippen LogP contribution < -0.4 is 5.73 Å². The number of nitrogens with two attached hydrogens (primary N) is 1. The van der Waals surface area contributed by atoms with E-state index < -0.39 is 0 Å². The molecule has 0 aromatic heterocycles. The Kier molecular flexibility index (Phi) is 6.09. The molecule has 2 N–H and O–H groups in total. The third kappa shape index (κ3) is 5.02. The highest BCUT2D eigenvalue weighted by molar-refractivity contribution is 5.41. The number of nitrogen functional groups attached to an aromatic ring is 1. The molecule has 0 aliphatic rings. The van der Waals surface area contributed by atoms with Crippen molar-refractivity contribution in [1.82, 2.24) is 9.80 Å². The van der Waals surface area contributed by atoms with Gasteiger partial charge >= 0.3 is 0 Å². The Labute approximate surface area is 109 Å². The van der Waals surface area contributed by atoms with Crippen LogP contribution in [-0.4, -0.2) is 43.5 Å². The SMILES string of the molecule is CCN(CCCN(C)C)Cc1ccc(N)c(F)c1. The fraction of sp³-hybridized carbons (Fsp3) is 0.571. The van der Waals surface area contributed by atoms with Crippen LogP contribution in [0, 0.1) is 5.82 Å². The summed E-state index contributed by atoms with van der Waals surface area (Å²) < 4.78 is 13.3. The molecule has 0 heterocycles. The molecule has 0 atom stereocenters. The number of halogens is 1. The third-order valence-electron chi connectivity index (χ3n) is 3.00. The van der Waals surface area contributed by atoms with Crippen LogP contribution in [0.2, 0.25) is 0 Å². The van der Waals surface area contributed by atoms with Crippen molar-refractivity contribution < 1.29 is 4.39 Å². The number of hydrogen-bond acceptors (Lipinski definition) is 3. The Morgan fingerprint density at radius 3 is 2.50 bits per heavy atom. The molecule has 1 aromatic carbocycles. The zero-order valence-electron chi connectivity index (χ0n) is 11.6. The predicted octanol–water partition coefficient (Wildman–Crippen LogP) is 2.18. The average molecular weight is 253 g/mol. The van der Waals surface area contributed by atoms with Gasteiger partial charge in [-0.2, -0.15) is 0 Å². The highest BCUT2D eigenvalue weighted by Crippen LogP contribution is 2.13. The van der Waals surface area contributed by atoms with E-state index in [9.17, 15) is 4.39 Å². The van der Waals surface area contributed by atoms with Crippen molar-refractivity contribution >= 4 is 5.69 Å². The molecule has 0 bridgehead atoms. The summed E-state index contributed by atoms with van der Waals surface area (Å²) in [5.41, 5.74) is 6.67. The van der Waals surface area contributed by atoms with Crippen LogP contribution in [0.5, 0.6) is 0 Å². The second-order valence-electron chi connectivity index (χ2n) is 4.88. The molecular weight excluding hydrogens is 229 g/mol. The number of rotatable bonds is 7. The van der Waals surface area contributed by atoms with E-state index in [1.807, 2.05) is 6.07 Å². The van der Waals surface area contributed by atoms with Gasteiger partial charge in [-0.05, 0) is 57.8 Å². The average Bonchev–Trinajstić information content (AvgIpc) is 2.32. The Morgan fingerprint density at radius 2 is 1.94 bits per heavy atom. The first-order valence-electron chi connectivity index (χ1n) is 6.44. The van der Waals surface area contributed by atoms with E-state index in [1.54, 1.807) is 6.07 Å². The summed E-state index contributed by atoms with van der Waals surface area (Å²) >= 11 is 0. The molecular formula is C14H24FN3. The summed E-state index contributed by atoms with van der Waals surface area (Å²) in [5.74, 6) is -0.322. The van der Waals surface area contributed by atoms with Gasteiger partial charge in [0.1, 0.15) is 5.82 Å². The summed E-state index contributed by atoms with van der Waals surface area (Å²) in [6, 6.07) is 5.06. The normalized spacial score (nSPS) is 11.4. The van der Waals surface area contributed by atoms with Crippen molar-refractivity contribution in [2.75, 3.05) is 39.5 Å². The van der Waals surface area contributed by atoms with Crippen LogP contribution in [0.3, 0.4) is 0 Å². The van der Waals surface area contributed by atoms with E-state index in [-0.39, 0.29) is 11.5 Å². The highest BCUT2D eigenvalue weighted by atomic mass is 19.1. The Balaban J connectivity index is 2.49. The minimum absolute atomic E-state index is 0.217. The maximum Gasteiger partial charge on any atom is 0.146 e. The lowest BCUT2D eigenvalue weighted by Gasteiger charge is -2.21. The van der Waals surface area contributed by atoms with Crippen LogP contribution in [0.15, 0.2) is 18.2 Å². The first-order valence-corrected chi connectivity index (χ1v) is 6.44. The van der Waals surface area contributed by atoms with Crippen molar-refractivity contribution in [3.8, 4) is 0 Å². The van der Waals surface area contributed by atoms with Crippen molar-refractivity contribution in [1.29, 1.82) is 0 Å². The van der Waals surface area contributed by atoms with Gasteiger partial charge in [0.15, 0.2) is 0 Å². The van der Waals surface area contributed by atoms with Gasteiger partial charge in [-0.1, -0.05) is 13.0 Å². The third-order valence-corrected chi connectivity index (χ3v) is 3.00. The van der Waals surface area contributed by atoms with Crippen molar-refractivity contribution in [2.45, 2.75) is 19.9 Å². The summed E-state index contributed by atoms with van der Waals surface area (Å²) in [5, 5.41) is 0. The van der Waals surface area contributed by atoms with Gasteiger partial charge in [-0.3, -0.25) is 4.90 Å². The quantitative estimate of drug-likeness (QED) is 0.756. The lowest BCUT2D eigenvalue weighted by Crippen LogP contribution is -2.27. The Morgan fingerprint density at radius 1 is 1.22 bits per heavy atom. The predicted molar refractivity (Wildman–Crippen MR) is 74.9 cm³/mol. The molecule has 3 nitrogen and oxygen atoms in total. The van der Waals surface area contributed by atoms with E-state index in [2.05, 4.69) is 30.8 Å². The molecule has 0 saturated carbocycles. The van der Waals surface area contributed by atoms with Crippen molar-refractivity contribution in [3.63, 3.8) is 0 Å². The van der Waals surface area contributed by atoms with E-state index in [0.29, 0.717) is 0 Å². The highest BCUT2D eigenvalue weighted by Gasteiger charge is 2.06. The van der Waals surface area contributed by atoms with E-state index >= 15 is 0 Å². The number of anilines is 1. The summed E-state index contributed by atoms with van der Waals surface area (Å²) in [4.78, 5) is 4.49. The largest absolute Gasteiger partial charge is 0.396 e. The topological polar surface area (TPSA) is 32.5 Å². The molecule has 18 heavy (non-hydrogen) atoms. The number of nitrogens with zero attached hydrogens (tertiary/aromatic N) is 2. The van der Waals surface area contributed by atoms with E-state index in [4.69, 9.17) is 5.73 Å². The molecule has 0 fully saturated rings. The smallest absolute Gasteiger partial charge is 0.146 e. The van der Waals surface area contributed by atoms with Crippen molar-refractivity contribution in [2.24, 2.45) is 0 Å². The van der Waals surface area contributed by atoms with Crippen LogP contribution in [0.4, 0.5) is 10.1 Å². The van der Waals surface area contributed by atoms with Gasteiger partial charge in [0.05, 0.1) is 5.69 Å². The summed E-state index contributed by atoms with van der Waals surface area (Å²) in [6.45, 7) is 5.98. The Hall–Kier alpha value is -1.13. The monoisotopic (exact) mass is 253 g/mol. The van der Waals surface area contributed by atoms with Gasteiger partial charge in [0.25, 0.3) is 0 Å². The fourth-order valence-corrected chi connectivity index (χ4v) is 1.89. The molecule has 0 radical (unpaired) electrons. The standard InChI is InChI=1S/C14H24FN3/c1-4-18(9-5-8-17(2)3)11-12-6-7-14(16)13(15)10-12/h6-7,10H,4-5,8-9,11,16H2,1-3H3. The van der Waals surface area contributed by atoms with Gasteiger partial charge in [-0.25, -0.2) is 4.39 Å². The zero-order chi connectivity index (χ0) is 13.5. The van der Waals surface area contributed by atoms with Crippen LogP contribution in [0.25, 0.3) is 0 Å². The van der Waals surface area contributed by atoms with E-state index in [0.717, 1.165) is 38.2 Å². The second-order valence-corrected chi connectivity index (χ2v) is 4.88. The van der Waals surface area contributed by atoms with Crippen LogP contribution >= 0.6 is 0 Å². The molecule has 102 valence electrons. The van der Waals surface area contributed by atoms with Crippen LogP contribution in [0.1, 0.15) is 18.9 Å². The van der Waals surface area contributed by atoms with Gasteiger partial charge in [0.2, 0.25) is 0 Å². The Bertz CT molecular complexity index is 366. The van der Waals surface area contributed by atoms with Crippen LogP contribution in [-0.2, 0) is 6.54 Å². The molecule has 0 spiro atoms. The molecule has 0 aliphatic carbocycles. The summed E-state index contributed by atoms with van der Waals surface area (Å²) in [6.07, 6.45) is 1.12. The lowest BCUT2D eigenvalue weighted by molar-refractivity contribution is 0.259. The molecule has 0 aliphatic heterocycles. The molecule has 1 rings (SSSR count). The molecule has 1 aromatic rings. The molecule has 0 amide bonds. The lowest BCUT2D eigenvalue weighted by atomic mass is 10.2. The summed E-state index contributed by atoms with van der Waals surface area (Å²) in [7, 11) is 4.15. The zero-order valence-corrected chi connectivity index (χ0v) is 11.6. The fourth-order valence-electron chi connectivity index (χ4n) is 1.89. The van der Waals surface area contributed by atoms with E-state index in [1.165, 1.54) is 6.07 Å². The maximum absolute atomic E-state index is 13.3. The molecule has 0 saturated heterocycles. The minimum Gasteiger partial charge on any atom is -0.396 e. The molecule has 0 unspecified atom stereocenters. The molecule has 4 heteroatoms. The van der Waals surface area contributed by atoms with Crippen molar-refractivity contribution in [3.05, 3.63) is 29.6 Å². The van der Waals surface area contributed by atoms with Gasteiger partial charge in [-0.15, -0.1) is 0 Å².